The summed E-state index contributed by atoms with van der Waals surface area (Å²) in [6.45, 7) is 2.34. The summed E-state index contributed by atoms with van der Waals surface area (Å²) in [4.78, 5) is 25.3. The molecule has 18 heavy (non-hydrogen) atoms. The molecule has 0 radical (unpaired) electrons. The molecule has 1 aliphatic rings. The van der Waals surface area contributed by atoms with Crippen LogP contribution in [0.15, 0.2) is 40.1 Å². The fourth-order valence-electron chi connectivity index (χ4n) is 2.52. The fraction of sp³-hybridized carbons (Fsp3) is 0.286. The Balaban J connectivity index is 1.90. The second kappa shape index (κ2) is 3.98. The normalized spacial score (nSPS) is 17.1. The Hall–Kier alpha value is -2.10. The van der Waals surface area contributed by atoms with Gasteiger partial charge in [-0.2, -0.15) is 0 Å². The third-order valence-electron chi connectivity index (χ3n) is 3.57. The molecule has 1 atom stereocenters. The number of benzene rings is 1. The van der Waals surface area contributed by atoms with Gasteiger partial charge in [0.2, 0.25) is 0 Å². The zero-order valence-electron chi connectivity index (χ0n) is 10.1. The summed E-state index contributed by atoms with van der Waals surface area (Å²) < 4.78 is 1.59. The van der Waals surface area contributed by atoms with Crippen LogP contribution >= 0.6 is 0 Å². The number of aryl methyl sites for hydroxylation is 1. The Bertz CT molecular complexity index is 712. The lowest BCUT2D eigenvalue weighted by atomic mass is 9.77. The van der Waals surface area contributed by atoms with Gasteiger partial charge in [-0.1, -0.05) is 24.3 Å². The molecule has 92 valence electrons. The highest BCUT2D eigenvalue weighted by Crippen LogP contribution is 2.35. The Morgan fingerprint density at radius 1 is 1.33 bits per heavy atom. The molecule has 0 saturated carbocycles. The van der Waals surface area contributed by atoms with Gasteiger partial charge in [-0.25, -0.2) is 4.79 Å². The zero-order valence-corrected chi connectivity index (χ0v) is 10.1. The van der Waals surface area contributed by atoms with E-state index in [9.17, 15) is 9.59 Å². The van der Waals surface area contributed by atoms with Crippen LogP contribution in [0.3, 0.4) is 0 Å². The van der Waals surface area contributed by atoms with Gasteiger partial charge in [0, 0.05) is 24.2 Å². The largest absolute Gasteiger partial charge is 0.328 e. The van der Waals surface area contributed by atoms with Gasteiger partial charge in [-0.3, -0.25) is 14.3 Å². The third-order valence-corrected chi connectivity index (χ3v) is 3.57. The molecule has 0 spiro atoms. The number of rotatable bonds is 2. The maximum atomic E-state index is 11.7. The molecule has 2 aromatic rings. The van der Waals surface area contributed by atoms with Crippen LogP contribution in [0, 0.1) is 6.92 Å². The van der Waals surface area contributed by atoms with E-state index < -0.39 is 0 Å². The van der Waals surface area contributed by atoms with E-state index in [0.717, 1.165) is 6.42 Å². The Morgan fingerprint density at radius 3 is 2.89 bits per heavy atom. The van der Waals surface area contributed by atoms with E-state index in [0.29, 0.717) is 18.0 Å². The summed E-state index contributed by atoms with van der Waals surface area (Å²) in [6, 6.07) is 8.27. The lowest BCUT2D eigenvalue weighted by Gasteiger charge is -2.30. The van der Waals surface area contributed by atoms with Crippen molar-refractivity contribution in [2.24, 2.45) is 0 Å². The van der Waals surface area contributed by atoms with Crippen LogP contribution in [0.2, 0.25) is 0 Å². The maximum Gasteiger partial charge on any atom is 0.328 e. The first-order valence-electron chi connectivity index (χ1n) is 6.03. The topological polar surface area (TPSA) is 54.9 Å². The first-order chi connectivity index (χ1) is 8.65. The predicted octanol–water partition coefficient (Wildman–Crippen LogP) is 1.18. The average Bonchev–Trinajstić information content (AvgIpc) is 2.32. The molecule has 3 rings (SSSR count). The number of nitrogens with one attached hydrogen (secondary N) is 1. The third kappa shape index (κ3) is 1.70. The van der Waals surface area contributed by atoms with Crippen molar-refractivity contribution in [2.75, 3.05) is 0 Å². The molecule has 1 unspecified atom stereocenters. The van der Waals surface area contributed by atoms with Gasteiger partial charge in [-0.15, -0.1) is 0 Å². The summed E-state index contributed by atoms with van der Waals surface area (Å²) in [5, 5.41) is 0. The van der Waals surface area contributed by atoms with E-state index in [2.05, 4.69) is 17.1 Å². The van der Waals surface area contributed by atoms with E-state index in [1.54, 1.807) is 17.7 Å². The molecule has 1 aliphatic carbocycles. The van der Waals surface area contributed by atoms with Gasteiger partial charge >= 0.3 is 5.69 Å². The van der Waals surface area contributed by atoms with Gasteiger partial charge < -0.3 is 0 Å². The van der Waals surface area contributed by atoms with E-state index in [1.807, 2.05) is 12.1 Å². The van der Waals surface area contributed by atoms with Gasteiger partial charge in [0.1, 0.15) is 0 Å². The summed E-state index contributed by atoms with van der Waals surface area (Å²) >= 11 is 0. The second-order valence-corrected chi connectivity index (χ2v) is 4.82. The Kier molecular flexibility index (Phi) is 2.44. The maximum absolute atomic E-state index is 11.7. The molecule has 4 heteroatoms. The Labute approximate surface area is 104 Å². The molecule has 0 fully saturated rings. The number of nitrogens with zero attached hydrogens (tertiary/aromatic N) is 1. The molecule has 1 aromatic carbocycles. The van der Waals surface area contributed by atoms with Gasteiger partial charge in [0.05, 0.1) is 0 Å². The number of H-pyrrole nitrogens is 1. The molecule has 0 bridgehead atoms. The minimum atomic E-state index is -0.324. The molecular formula is C14H14N2O2. The number of fused-ring (bicyclic) bond motifs is 1. The van der Waals surface area contributed by atoms with Crippen LogP contribution < -0.4 is 11.2 Å². The van der Waals surface area contributed by atoms with Crippen molar-refractivity contribution < 1.29 is 0 Å². The first kappa shape index (κ1) is 11.0. The van der Waals surface area contributed by atoms with E-state index in [1.165, 1.54) is 11.1 Å². The smallest absolute Gasteiger partial charge is 0.300 e. The number of aromatic amines is 1. The summed E-state index contributed by atoms with van der Waals surface area (Å²) in [5.41, 5.74) is 2.62. The van der Waals surface area contributed by atoms with Crippen molar-refractivity contribution in [2.45, 2.75) is 25.8 Å². The van der Waals surface area contributed by atoms with Crippen LogP contribution in [0.1, 0.15) is 22.6 Å². The predicted molar refractivity (Wildman–Crippen MR) is 68.9 cm³/mol. The highest BCUT2D eigenvalue weighted by atomic mass is 16.2. The van der Waals surface area contributed by atoms with Gasteiger partial charge in [0.15, 0.2) is 0 Å². The summed E-state index contributed by atoms with van der Waals surface area (Å²) in [7, 11) is 0. The standard InChI is InChI=1S/C14H14N2O2/c1-9-7-16(14(18)15-13(9)17)8-11-6-10-4-2-3-5-12(10)11/h2-5,7,11H,6,8H2,1H3,(H,15,17,18). The molecule has 1 heterocycles. The molecule has 0 aliphatic heterocycles. The van der Waals surface area contributed by atoms with Crippen molar-refractivity contribution in [3.63, 3.8) is 0 Å². The van der Waals surface area contributed by atoms with Crippen molar-refractivity contribution in [1.29, 1.82) is 0 Å². The summed E-state index contributed by atoms with van der Waals surface area (Å²) in [6.07, 6.45) is 2.64. The van der Waals surface area contributed by atoms with Crippen molar-refractivity contribution in [3.05, 3.63) is 68.0 Å². The zero-order chi connectivity index (χ0) is 12.7. The molecule has 4 nitrogen and oxygen atoms in total. The fourth-order valence-corrected chi connectivity index (χ4v) is 2.52. The molecular weight excluding hydrogens is 228 g/mol. The average molecular weight is 242 g/mol. The highest BCUT2D eigenvalue weighted by molar-refractivity contribution is 5.39. The van der Waals surface area contributed by atoms with Gasteiger partial charge in [-0.05, 0) is 24.5 Å². The van der Waals surface area contributed by atoms with Crippen molar-refractivity contribution >= 4 is 0 Å². The molecule has 0 saturated heterocycles. The lowest BCUT2D eigenvalue weighted by Crippen LogP contribution is -2.34. The minimum absolute atomic E-state index is 0.301. The number of aromatic nitrogens is 2. The Morgan fingerprint density at radius 2 is 2.11 bits per heavy atom. The lowest BCUT2D eigenvalue weighted by molar-refractivity contribution is 0.490. The highest BCUT2D eigenvalue weighted by Gasteiger charge is 2.25. The van der Waals surface area contributed by atoms with E-state index >= 15 is 0 Å². The number of hydrogen-bond acceptors (Lipinski definition) is 2. The van der Waals surface area contributed by atoms with Crippen LogP contribution in [-0.4, -0.2) is 9.55 Å². The van der Waals surface area contributed by atoms with Crippen LogP contribution in [0.4, 0.5) is 0 Å². The van der Waals surface area contributed by atoms with Crippen LogP contribution in [0.25, 0.3) is 0 Å². The van der Waals surface area contributed by atoms with E-state index in [-0.39, 0.29) is 11.2 Å². The molecule has 0 amide bonds. The van der Waals surface area contributed by atoms with Crippen LogP contribution in [0.5, 0.6) is 0 Å². The number of hydrogen-bond donors (Lipinski definition) is 1. The summed E-state index contributed by atoms with van der Waals surface area (Å²) in [5.74, 6) is 0.379. The quantitative estimate of drug-likeness (QED) is 0.860. The monoisotopic (exact) mass is 242 g/mol. The van der Waals surface area contributed by atoms with Crippen molar-refractivity contribution in [1.82, 2.24) is 9.55 Å². The molecule has 1 N–H and O–H groups in total. The first-order valence-corrected chi connectivity index (χ1v) is 6.03. The van der Waals surface area contributed by atoms with Crippen molar-refractivity contribution in [3.8, 4) is 0 Å². The van der Waals surface area contributed by atoms with Gasteiger partial charge in [0.25, 0.3) is 5.56 Å². The SMILES string of the molecule is Cc1cn(CC2Cc3ccccc32)c(=O)[nH]c1=O. The second-order valence-electron chi connectivity index (χ2n) is 4.82. The molecule has 1 aromatic heterocycles. The van der Waals surface area contributed by atoms with E-state index in [4.69, 9.17) is 0 Å². The van der Waals surface area contributed by atoms with Crippen LogP contribution in [-0.2, 0) is 13.0 Å². The minimum Gasteiger partial charge on any atom is -0.300 e.